The van der Waals surface area contributed by atoms with E-state index in [-0.39, 0.29) is 5.91 Å². The zero-order valence-corrected chi connectivity index (χ0v) is 15.6. The van der Waals surface area contributed by atoms with Crippen molar-refractivity contribution in [3.63, 3.8) is 0 Å². The number of carbonyl (C=O) groups is 1. The molecule has 0 aliphatic rings. The minimum absolute atomic E-state index is 0.163. The van der Waals surface area contributed by atoms with Crippen LogP contribution in [0.15, 0.2) is 59.6 Å². The third kappa shape index (κ3) is 3.96. The van der Waals surface area contributed by atoms with Crippen molar-refractivity contribution in [3.05, 3.63) is 71.5 Å². The zero-order chi connectivity index (χ0) is 19.3. The van der Waals surface area contributed by atoms with Crippen LogP contribution in [-0.2, 0) is 13.1 Å². The summed E-state index contributed by atoms with van der Waals surface area (Å²) in [4.78, 5) is 20.8. The summed E-state index contributed by atoms with van der Waals surface area (Å²) in [6, 6.07) is 10.5. The maximum atomic E-state index is 12.2. The molecule has 3 heterocycles. The van der Waals surface area contributed by atoms with Gasteiger partial charge >= 0.3 is 0 Å². The molecule has 8 nitrogen and oxygen atoms in total. The van der Waals surface area contributed by atoms with Crippen LogP contribution in [0.2, 0.25) is 5.02 Å². The molecular weight excluding hydrogens is 380 g/mol. The number of hydrogen-bond donors (Lipinski definition) is 2. The Kier molecular flexibility index (Phi) is 5.20. The summed E-state index contributed by atoms with van der Waals surface area (Å²) < 4.78 is 7.05. The Hall–Kier alpha value is -3.39. The fourth-order valence-corrected chi connectivity index (χ4v) is 2.89. The molecule has 28 heavy (non-hydrogen) atoms. The highest BCUT2D eigenvalue weighted by atomic mass is 35.5. The number of rotatable bonds is 7. The van der Waals surface area contributed by atoms with Gasteiger partial charge < -0.3 is 15.1 Å². The van der Waals surface area contributed by atoms with E-state index < -0.39 is 0 Å². The van der Waals surface area contributed by atoms with Crippen LogP contribution in [-0.4, -0.2) is 32.2 Å². The SMILES string of the molecule is O=C(NCCn1ncc2c(NCc3ccco3)ncnc21)c1ccc(Cl)cc1. The number of nitrogens with one attached hydrogen (secondary N) is 2. The minimum atomic E-state index is -0.163. The highest BCUT2D eigenvalue weighted by molar-refractivity contribution is 6.30. The number of amides is 1. The minimum Gasteiger partial charge on any atom is -0.467 e. The molecule has 1 amide bonds. The van der Waals surface area contributed by atoms with Crippen LogP contribution in [0, 0.1) is 0 Å². The van der Waals surface area contributed by atoms with Gasteiger partial charge in [-0.3, -0.25) is 4.79 Å². The van der Waals surface area contributed by atoms with Crippen molar-refractivity contribution < 1.29 is 9.21 Å². The molecule has 4 aromatic rings. The van der Waals surface area contributed by atoms with Crippen LogP contribution in [0.1, 0.15) is 16.1 Å². The first-order chi connectivity index (χ1) is 13.7. The quantitative estimate of drug-likeness (QED) is 0.498. The van der Waals surface area contributed by atoms with Crippen molar-refractivity contribution in [2.24, 2.45) is 0 Å². The molecule has 3 aromatic heterocycles. The Morgan fingerprint density at radius 1 is 1.18 bits per heavy atom. The second-order valence-corrected chi connectivity index (χ2v) is 6.46. The van der Waals surface area contributed by atoms with Gasteiger partial charge in [-0.2, -0.15) is 5.10 Å². The number of anilines is 1. The molecule has 0 saturated heterocycles. The van der Waals surface area contributed by atoms with E-state index >= 15 is 0 Å². The van der Waals surface area contributed by atoms with Gasteiger partial charge in [0.05, 0.1) is 30.9 Å². The Labute approximate surface area is 165 Å². The molecule has 4 rings (SSSR count). The molecule has 2 N–H and O–H groups in total. The molecule has 0 bridgehead atoms. The Morgan fingerprint density at radius 2 is 2.04 bits per heavy atom. The maximum Gasteiger partial charge on any atom is 0.251 e. The lowest BCUT2D eigenvalue weighted by Crippen LogP contribution is -2.27. The second kappa shape index (κ2) is 8.10. The van der Waals surface area contributed by atoms with Crippen molar-refractivity contribution >= 4 is 34.4 Å². The predicted octanol–water partition coefficient (Wildman–Crippen LogP) is 3.11. The number of benzene rings is 1. The van der Waals surface area contributed by atoms with E-state index in [0.29, 0.717) is 41.7 Å². The van der Waals surface area contributed by atoms with Crippen molar-refractivity contribution in [2.45, 2.75) is 13.1 Å². The molecule has 0 aliphatic carbocycles. The van der Waals surface area contributed by atoms with Gasteiger partial charge in [0, 0.05) is 17.1 Å². The largest absolute Gasteiger partial charge is 0.467 e. The highest BCUT2D eigenvalue weighted by Gasteiger charge is 2.11. The summed E-state index contributed by atoms with van der Waals surface area (Å²) in [7, 11) is 0. The van der Waals surface area contributed by atoms with E-state index in [1.165, 1.54) is 6.33 Å². The van der Waals surface area contributed by atoms with Crippen molar-refractivity contribution in [3.8, 4) is 0 Å². The van der Waals surface area contributed by atoms with Gasteiger partial charge in [0.1, 0.15) is 17.9 Å². The zero-order valence-electron chi connectivity index (χ0n) is 14.8. The van der Waals surface area contributed by atoms with Gasteiger partial charge in [-0.15, -0.1) is 0 Å². The Balaban J connectivity index is 1.39. The Bertz CT molecular complexity index is 1080. The van der Waals surface area contributed by atoms with Gasteiger partial charge in [-0.25, -0.2) is 14.6 Å². The molecule has 9 heteroatoms. The first-order valence-electron chi connectivity index (χ1n) is 8.67. The fourth-order valence-electron chi connectivity index (χ4n) is 2.76. The summed E-state index contributed by atoms with van der Waals surface area (Å²) >= 11 is 5.84. The Morgan fingerprint density at radius 3 is 2.82 bits per heavy atom. The molecule has 0 spiro atoms. The van der Waals surface area contributed by atoms with Crippen molar-refractivity contribution in [2.75, 3.05) is 11.9 Å². The van der Waals surface area contributed by atoms with E-state index in [4.69, 9.17) is 16.0 Å². The topological polar surface area (TPSA) is 97.9 Å². The highest BCUT2D eigenvalue weighted by Crippen LogP contribution is 2.19. The number of aromatic nitrogens is 4. The molecule has 0 fully saturated rings. The van der Waals surface area contributed by atoms with Crippen LogP contribution < -0.4 is 10.6 Å². The number of nitrogens with zero attached hydrogens (tertiary/aromatic N) is 4. The van der Waals surface area contributed by atoms with Crippen LogP contribution in [0.5, 0.6) is 0 Å². The van der Waals surface area contributed by atoms with Crippen LogP contribution in [0.4, 0.5) is 5.82 Å². The van der Waals surface area contributed by atoms with Crippen molar-refractivity contribution in [1.82, 2.24) is 25.1 Å². The van der Waals surface area contributed by atoms with Crippen LogP contribution in [0.25, 0.3) is 11.0 Å². The standard InChI is InChI=1S/C19H17ClN6O2/c20-14-5-3-13(4-6-14)19(27)21-7-8-26-18-16(11-25-26)17(23-12-24-18)22-10-15-2-1-9-28-15/h1-6,9,11-12H,7-8,10H2,(H,21,27)(H,22,23,24). The van der Waals surface area contributed by atoms with Crippen LogP contribution >= 0.6 is 11.6 Å². The number of furan rings is 1. The van der Waals surface area contributed by atoms with E-state index in [0.717, 1.165) is 11.1 Å². The first-order valence-corrected chi connectivity index (χ1v) is 9.05. The first kappa shape index (κ1) is 18.0. The molecule has 0 unspecified atom stereocenters. The lowest BCUT2D eigenvalue weighted by molar-refractivity contribution is 0.0952. The molecule has 0 saturated carbocycles. The van der Waals surface area contributed by atoms with Gasteiger partial charge in [0.15, 0.2) is 5.65 Å². The number of carbonyl (C=O) groups excluding carboxylic acids is 1. The molecule has 0 atom stereocenters. The molecule has 0 radical (unpaired) electrons. The van der Waals surface area contributed by atoms with Gasteiger partial charge in [-0.05, 0) is 36.4 Å². The summed E-state index contributed by atoms with van der Waals surface area (Å²) in [5.74, 6) is 1.32. The van der Waals surface area contributed by atoms with Gasteiger partial charge in [0.2, 0.25) is 0 Å². The number of fused-ring (bicyclic) bond motifs is 1. The van der Waals surface area contributed by atoms with Gasteiger partial charge in [-0.1, -0.05) is 11.6 Å². The molecule has 142 valence electrons. The monoisotopic (exact) mass is 396 g/mol. The lowest BCUT2D eigenvalue weighted by Gasteiger charge is -2.07. The third-order valence-electron chi connectivity index (χ3n) is 4.16. The van der Waals surface area contributed by atoms with Gasteiger partial charge in [0.25, 0.3) is 5.91 Å². The number of halogens is 1. The van der Waals surface area contributed by atoms with E-state index in [1.54, 1.807) is 41.4 Å². The summed E-state index contributed by atoms with van der Waals surface area (Å²) in [6.07, 6.45) is 4.82. The average molecular weight is 397 g/mol. The van der Waals surface area contributed by atoms with Crippen LogP contribution in [0.3, 0.4) is 0 Å². The summed E-state index contributed by atoms with van der Waals surface area (Å²) in [5.41, 5.74) is 1.25. The molecule has 0 aliphatic heterocycles. The third-order valence-corrected chi connectivity index (χ3v) is 4.41. The number of hydrogen-bond acceptors (Lipinski definition) is 6. The molecule has 1 aromatic carbocycles. The van der Waals surface area contributed by atoms with E-state index in [9.17, 15) is 4.79 Å². The normalized spacial score (nSPS) is 10.9. The second-order valence-electron chi connectivity index (χ2n) is 6.02. The lowest BCUT2D eigenvalue weighted by atomic mass is 10.2. The smallest absolute Gasteiger partial charge is 0.251 e. The van der Waals surface area contributed by atoms with E-state index in [1.807, 2.05) is 12.1 Å². The summed E-state index contributed by atoms with van der Waals surface area (Å²) in [6.45, 7) is 1.41. The van der Waals surface area contributed by atoms with E-state index in [2.05, 4.69) is 25.7 Å². The average Bonchev–Trinajstić information content (AvgIpc) is 3.37. The maximum absolute atomic E-state index is 12.2. The predicted molar refractivity (Wildman–Crippen MR) is 105 cm³/mol. The fraction of sp³-hybridized carbons (Fsp3) is 0.158. The summed E-state index contributed by atoms with van der Waals surface area (Å²) in [5, 5.41) is 11.9. The van der Waals surface area contributed by atoms with Crippen molar-refractivity contribution in [1.29, 1.82) is 0 Å². The molecular formula is C19H17ClN6O2.